The Balaban J connectivity index is 2.68. The number of carbonyl (C=O) groups is 4. The van der Waals surface area contributed by atoms with Gasteiger partial charge in [0.1, 0.15) is 22.9 Å². The van der Waals surface area contributed by atoms with Crippen LogP contribution in [-0.2, 0) is 23.8 Å². The Morgan fingerprint density at radius 3 is 2.18 bits per heavy atom. The molecule has 10 heteroatoms. The molecule has 3 amide bonds. The van der Waals surface area contributed by atoms with Gasteiger partial charge in [0.2, 0.25) is 0 Å². The SMILES string of the molecule is CCOC(=O)/C(=C\c1c[nH]c2ccccc12)N(C(=O)OC(C)(C)C)C(=O)[C@H](CC(C)C)NC(=O)OC(C)(C)C. The van der Waals surface area contributed by atoms with E-state index >= 15 is 0 Å². The summed E-state index contributed by atoms with van der Waals surface area (Å²) in [5, 5.41) is 3.34. The Morgan fingerprint density at radius 2 is 1.62 bits per heavy atom. The number of ether oxygens (including phenoxy) is 3. The third-order valence-corrected chi connectivity index (χ3v) is 5.13. The third-order valence-electron chi connectivity index (χ3n) is 5.13. The molecule has 0 saturated heterocycles. The molecular weight excluding hydrogens is 502 g/mol. The van der Waals surface area contributed by atoms with Crippen molar-refractivity contribution in [3.63, 3.8) is 0 Å². The Bertz CT molecular complexity index is 1220. The molecule has 0 bridgehead atoms. The van der Waals surface area contributed by atoms with Crippen molar-refractivity contribution in [3.8, 4) is 0 Å². The minimum absolute atomic E-state index is 0.00594. The molecule has 2 N–H and O–H groups in total. The fourth-order valence-corrected chi connectivity index (χ4v) is 3.69. The second-order valence-corrected chi connectivity index (χ2v) is 11.5. The fourth-order valence-electron chi connectivity index (χ4n) is 3.69. The molecule has 0 spiro atoms. The maximum absolute atomic E-state index is 14.0. The van der Waals surface area contributed by atoms with Crippen LogP contribution < -0.4 is 5.32 Å². The van der Waals surface area contributed by atoms with Crippen molar-refractivity contribution >= 4 is 41.0 Å². The maximum atomic E-state index is 14.0. The number of rotatable bonds is 8. The number of hydrogen-bond acceptors (Lipinski definition) is 7. The van der Waals surface area contributed by atoms with Crippen LogP contribution in [-0.4, -0.2) is 57.8 Å². The Morgan fingerprint density at radius 1 is 1.00 bits per heavy atom. The molecular formula is C29H41N3O7. The zero-order valence-corrected chi connectivity index (χ0v) is 24.3. The van der Waals surface area contributed by atoms with E-state index < -0.39 is 41.3 Å². The summed E-state index contributed by atoms with van der Waals surface area (Å²) in [6, 6.07) is 6.18. The first kappa shape index (κ1) is 31.4. The van der Waals surface area contributed by atoms with Gasteiger partial charge in [0, 0.05) is 22.7 Å². The number of carbonyl (C=O) groups excluding carboxylic acids is 4. The van der Waals surface area contributed by atoms with Crippen molar-refractivity contribution in [2.45, 2.75) is 86.0 Å². The number of hydrogen-bond donors (Lipinski definition) is 2. The molecule has 214 valence electrons. The van der Waals surface area contributed by atoms with Crippen LogP contribution in [0, 0.1) is 5.92 Å². The van der Waals surface area contributed by atoms with Gasteiger partial charge in [0.05, 0.1) is 6.61 Å². The summed E-state index contributed by atoms with van der Waals surface area (Å²) in [5.41, 5.74) is -0.795. The van der Waals surface area contributed by atoms with E-state index in [4.69, 9.17) is 14.2 Å². The number of amides is 3. The lowest BCUT2D eigenvalue weighted by Gasteiger charge is -2.30. The molecule has 0 aliphatic rings. The summed E-state index contributed by atoms with van der Waals surface area (Å²) in [7, 11) is 0. The van der Waals surface area contributed by atoms with Crippen molar-refractivity contribution in [1.29, 1.82) is 0 Å². The Labute approximate surface area is 230 Å². The van der Waals surface area contributed by atoms with Gasteiger partial charge in [-0.25, -0.2) is 19.3 Å². The number of aromatic nitrogens is 1. The first-order chi connectivity index (χ1) is 18.0. The molecule has 39 heavy (non-hydrogen) atoms. The van der Waals surface area contributed by atoms with Gasteiger partial charge < -0.3 is 24.5 Å². The first-order valence-electron chi connectivity index (χ1n) is 13.0. The summed E-state index contributed by atoms with van der Waals surface area (Å²) < 4.78 is 16.1. The number of imide groups is 1. The number of nitrogens with one attached hydrogen (secondary N) is 2. The number of nitrogens with zero attached hydrogens (tertiary/aromatic N) is 1. The topological polar surface area (TPSA) is 127 Å². The number of alkyl carbamates (subject to hydrolysis) is 1. The number of H-pyrrole nitrogens is 1. The molecule has 1 heterocycles. The van der Waals surface area contributed by atoms with E-state index in [1.54, 1.807) is 54.7 Å². The molecule has 1 aromatic carbocycles. The van der Waals surface area contributed by atoms with Crippen molar-refractivity contribution < 1.29 is 33.4 Å². The van der Waals surface area contributed by atoms with Crippen LogP contribution in [0.4, 0.5) is 9.59 Å². The number of fused-ring (bicyclic) bond motifs is 1. The lowest BCUT2D eigenvalue weighted by Crippen LogP contribution is -2.53. The highest BCUT2D eigenvalue weighted by Crippen LogP contribution is 2.25. The van der Waals surface area contributed by atoms with Crippen LogP contribution in [0.3, 0.4) is 0 Å². The molecule has 0 aliphatic carbocycles. The minimum atomic E-state index is -1.20. The molecule has 0 saturated carbocycles. The largest absolute Gasteiger partial charge is 0.461 e. The van der Waals surface area contributed by atoms with E-state index in [1.807, 2.05) is 38.1 Å². The van der Waals surface area contributed by atoms with Crippen molar-refractivity contribution in [3.05, 3.63) is 41.7 Å². The molecule has 0 radical (unpaired) electrons. The monoisotopic (exact) mass is 543 g/mol. The van der Waals surface area contributed by atoms with Gasteiger partial charge in [-0.3, -0.25) is 4.79 Å². The van der Waals surface area contributed by atoms with Gasteiger partial charge in [0.15, 0.2) is 0 Å². The summed E-state index contributed by atoms with van der Waals surface area (Å²) in [6.45, 7) is 15.4. The smallest absolute Gasteiger partial charge is 0.422 e. The second kappa shape index (κ2) is 12.8. The third kappa shape index (κ3) is 9.46. The van der Waals surface area contributed by atoms with Crippen LogP contribution in [0.2, 0.25) is 0 Å². The highest BCUT2D eigenvalue weighted by Gasteiger charge is 2.39. The lowest BCUT2D eigenvalue weighted by atomic mass is 10.0. The maximum Gasteiger partial charge on any atom is 0.422 e. The number of esters is 1. The van der Waals surface area contributed by atoms with Gasteiger partial charge >= 0.3 is 18.2 Å². The van der Waals surface area contributed by atoms with Crippen LogP contribution in [0.15, 0.2) is 36.2 Å². The molecule has 10 nitrogen and oxygen atoms in total. The Hall–Kier alpha value is -3.82. The molecule has 0 unspecified atom stereocenters. The number of para-hydroxylation sites is 1. The van der Waals surface area contributed by atoms with Crippen LogP contribution >= 0.6 is 0 Å². The van der Waals surface area contributed by atoms with Crippen LogP contribution in [0.5, 0.6) is 0 Å². The number of aromatic amines is 1. The van der Waals surface area contributed by atoms with Gasteiger partial charge in [-0.15, -0.1) is 0 Å². The predicted molar refractivity (Wildman–Crippen MR) is 149 cm³/mol. The normalized spacial score (nSPS) is 13.1. The molecule has 0 fully saturated rings. The predicted octanol–water partition coefficient (Wildman–Crippen LogP) is 5.78. The van der Waals surface area contributed by atoms with E-state index in [9.17, 15) is 19.2 Å². The van der Waals surface area contributed by atoms with E-state index in [0.29, 0.717) is 10.5 Å². The minimum Gasteiger partial charge on any atom is -0.461 e. The van der Waals surface area contributed by atoms with Crippen LogP contribution in [0.25, 0.3) is 17.0 Å². The van der Waals surface area contributed by atoms with Gasteiger partial charge in [0.25, 0.3) is 5.91 Å². The summed E-state index contributed by atoms with van der Waals surface area (Å²) in [5.74, 6) is -1.82. The van der Waals surface area contributed by atoms with E-state index in [1.165, 1.54) is 6.08 Å². The van der Waals surface area contributed by atoms with Gasteiger partial charge in [-0.1, -0.05) is 32.0 Å². The zero-order valence-electron chi connectivity index (χ0n) is 24.3. The van der Waals surface area contributed by atoms with Crippen molar-refractivity contribution in [2.24, 2.45) is 5.92 Å². The summed E-state index contributed by atoms with van der Waals surface area (Å²) in [4.78, 5) is 57.2. The molecule has 0 aliphatic heterocycles. The molecule has 2 aromatic rings. The average molecular weight is 544 g/mol. The quantitative estimate of drug-likeness (QED) is 0.246. The van der Waals surface area contributed by atoms with E-state index in [0.717, 1.165) is 10.9 Å². The summed E-state index contributed by atoms with van der Waals surface area (Å²) >= 11 is 0. The van der Waals surface area contributed by atoms with Gasteiger partial charge in [-0.05, 0) is 72.9 Å². The number of benzene rings is 1. The molecule has 2 rings (SSSR count). The summed E-state index contributed by atoms with van der Waals surface area (Å²) in [6.07, 6.45) is 1.32. The average Bonchev–Trinajstić information content (AvgIpc) is 3.18. The standard InChI is InChI=1S/C29H41N3O7/c1-10-37-25(34)23(16-19-17-30-21-14-12-11-13-20(19)21)32(27(36)39-29(7,8)9)24(33)22(15-18(2)3)31-26(35)38-28(4,5)6/h11-14,16-18,22,30H,10,15H2,1-9H3,(H,31,35)/b23-16+/t22-/m0/s1. The van der Waals surface area contributed by atoms with E-state index in [2.05, 4.69) is 10.3 Å². The highest BCUT2D eigenvalue weighted by atomic mass is 16.6. The van der Waals surface area contributed by atoms with Crippen molar-refractivity contribution in [1.82, 2.24) is 15.2 Å². The second-order valence-electron chi connectivity index (χ2n) is 11.5. The zero-order chi connectivity index (χ0) is 29.5. The molecule has 1 atom stereocenters. The van der Waals surface area contributed by atoms with Gasteiger partial charge in [-0.2, -0.15) is 0 Å². The highest BCUT2D eigenvalue weighted by molar-refractivity contribution is 6.08. The molecule has 1 aromatic heterocycles. The van der Waals surface area contributed by atoms with Crippen LogP contribution in [0.1, 0.15) is 74.3 Å². The van der Waals surface area contributed by atoms with E-state index in [-0.39, 0.29) is 24.6 Å². The fraction of sp³-hybridized carbons (Fsp3) is 0.517. The lowest BCUT2D eigenvalue weighted by molar-refractivity contribution is -0.144. The Kier molecular flexibility index (Phi) is 10.3. The first-order valence-corrected chi connectivity index (χ1v) is 13.0. The van der Waals surface area contributed by atoms with Crippen molar-refractivity contribution in [2.75, 3.05) is 6.61 Å².